The average molecular weight is 235 g/mol. The average Bonchev–Trinajstić information content (AvgIpc) is 2.27. The largest absolute Gasteiger partial charge is 0.494 e. The van der Waals surface area contributed by atoms with Gasteiger partial charge in [-0.1, -0.05) is 6.07 Å². The molecule has 0 aliphatic carbocycles. The summed E-state index contributed by atoms with van der Waals surface area (Å²) in [7, 11) is 1.33. The van der Waals surface area contributed by atoms with Gasteiger partial charge in [0.15, 0.2) is 11.6 Å². The highest BCUT2D eigenvalue weighted by molar-refractivity contribution is 6.18. The highest BCUT2D eigenvalue weighted by Crippen LogP contribution is 2.24. The quantitative estimate of drug-likeness (QED) is 0.776. The normalized spacial score (nSPS) is 14.7. The van der Waals surface area contributed by atoms with E-state index in [2.05, 4.69) is 0 Å². The Hall–Kier alpha value is -0.840. The Bertz CT molecular complexity index is 332. The van der Waals surface area contributed by atoms with Gasteiger partial charge < -0.3 is 14.9 Å². The van der Waals surface area contributed by atoms with Gasteiger partial charge in [-0.2, -0.15) is 0 Å². The fraction of sp³-hybridized carbons (Fsp3) is 0.400. The van der Waals surface area contributed by atoms with Gasteiger partial charge in [-0.15, -0.1) is 11.6 Å². The van der Waals surface area contributed by atoms with Crippen molar-refractivity contribution in [1.29, 1.82) is 0 Å². The minimum Gasteiger partial charge on any atom is -0.494 e. The van der Waals surface area contributed by atoms with E-state index in [0.29, 0.717) is 5.56 Å². The Balaban J connectivity index is 2.95. The first kappa shape index (κ1) is 12.2. The molecule has 84 valence electrons. The topological polar surface area (TPSA) is 49.7 Å². The second-order valence-electron chi connectivity index (χ2n) is 3.06. The molecule has 0 aliphatic heterocycles. The van der Waals surface area contributed by atoms with Crippen molar-refractivity contribution in [3.8, 4) is 5.75 Å². The van der Waals surface area contributed by atoms with Crippen LogP contribution in [0.1, 0.15) is 11.7 Å². The van der Waals surface area contributed by atoms with E-state index in [9.17, 15) is 14.6 Å². The fourth-order valence-corrected chi connectivity index (χ4v) is 1.34. The van der Waals surface area contributed by atoms with Crippen molar-refractivity contribution in [2.24, 2.45) is 0 Å². The van der Waals surface area contributed by atoms with Crippen molar-refractivity contribution < 1.29 is 19.3 Å². The lowest BCUT2D eigenvalue weighted by atomic mass is 10.1. The highest BCUT2D eigenvalue weighted by atomic mass is 35.5. The van der Waals surface area contributed by atoms with E-state index in [0.717, 1.165) is 0 Å². The molecular weight excluding hydrogens is 223 g/mol. The summed E-state index contributed by atoms with van der Waals surface area (Å²) < 4.78 is 17.8. The van der Waals surface area contributed by atoms with E-state index >= 15 is 0 Å². The van der Waals surface area contributed by atoms with Crippen molar-refractivity contribution in [3.05, 3.63) is 29.6 Å². The van der Waals surface area contributed by atoms with Gasteiger partial charge in [-0.3, -0.25) is 0 Å². The van der Waals surface area contributed by atoms with Gasteiger partial charge in [0.2, 0.25) is 0 Å². The number of aliphatic hydroxyl groups excluding tert-OH is 2. The molecule has 1 aromatic rings. The molecule has 0 bridgehead atoms. The van der Waals surface area contributed by atoms with Crippen molar-refractivity contribution in [2.45, 2.75) is 12.2 Å². The Labute approximate surface area is 92.1 Å². The zero-order chi connectivity index (χ0) is 11.4. The van der Waals surface area contributed by atoms with Crippen molar-refractivity contribution in [2.75, 3.05) is 13.0 Å². The Morgan fingerprint density at radius 3 is 2.67 bits per heavy atom. The van der Waals surface area contributed by atoms with E-state index in [4.69, 9.17) is 16.3 Å². The van der Waals surface area contributed by atoms with Crippen molar-refractivity contribution >= 4 is 11.6 Å². The molecule has 3 nitrogen and oxygen atoms in total. The van der Waals surface area contributed by atoms with Crippen LogP contribution >= 0.6 is 11.6 Å². The molecule has 1 rings (SSSR count). The number of halogens is 2. The van der Waals surface area contributed by atoms with E-state index in [1.54, 1.807) is 0 Å². The second-order valence-corrected chi connectivity index (χ2v) is 3.37. The summed E-state index contributed by atoms with van der Waals surface area (Å²) in [5.74, 6) is -0.594. The number of benzene rings is 1. The minimum atomic E-state index is -1.14. The van der Waals surface area contributed by atoms with Gasteiger partial charge in [-0.05, 0) is 17.7 Å². The molecule has 0 saturated carbocycles. The number of hydrogen-bond acceptors (Lipinski definition) is 3. The number of ether oxygens (including phenoxy) is 1. The first-order valence-electron chi connectivity index (χ1n) is 4.35. The summed E-state index contributed by atoms with van der Waals surface area (Å²) in [6, 6.07) is 3.87. The maximum atomic E-state index is 13.0. The molecule has 15 heavy (non-hydrogen) atoms. The van der Waals surface area contributed by atoms with Crippen LogP contribution in [0.4, 0.5) is 4.39 Å². The van der Waals surface area contributed by atoms with Crippen molar-refractivity contribution in [3.63, 3.8) is 0 Å². The van der Waals surface area contributed by atoms with Crippen LogP contribution in [0, 0.1) is 5.82 Å². The van der Waals surface area contributed by atoms with E-state index in [-0.39, 0.29) is 11.6 Å². The van der Waals surface area contributed by atoms with Crippen LogP contribution in [0.15, 0.2) is 18.2 Å². The molecule has 0 amide bonds. The molecule has 2 atom stereocenters. The molecule has 5 heteroatoms. The number of hydrogen-bond donors (Lipinski definition) is 2. The summed E-state index contributed by atoms with van der Waals surface area (Å²) in [6.07, 6.45) is -2.22. The summed E-state index contributed by atoms with van der Waals surface area (Å²) >= 11 is 5.39. The maximum Gasteiger partial charge on any atom is 0.165 e. The van der Waals surface area contributed by atoms with Gasteiger partial charge in [-0.25, -0.2) is 4.39 Å². The van der Waals surface area contributed by atoms with Crippen LogP contribution < -0.4 is 4.74 Å². The van der Waals surface area contributed by atoms with Crippen LogP contribution in [-0.2, 0) is 0 Å². The summed E-state index contributed by atoms with van der Waals surface area (Å²) in [5.41, 5.74) is 0.362. The van der Waals surface area contributed by atoms with Crippen LogP contribution in [0.5, 0.6) is 5.75 Å². The lowest BCUT2D eigenvalue weighted by molar-refractivity contribution is 0.0325. The van der Waals surface area contributed by atoms with Gasteiger partial charge in [0, 0.05) is 0 Å². The lowest BCUT2D eigenvalue weighted by Gasteiger charge is -2.16. The maximum absolute atomic E-state index is 13.0. The number of rotatable bonds is 4. The Morgan fingerprint density at radius 1 is 1.47 bits per heavy atom. The lowest BCUT2D eigenvalue weighted by Crippen LogP contribution is -2.19. The molecular formula is C10H12ClFO3. The van der Waals surface area contributed by atoms with E-state index < -0.39 is 18.0 Å². The first-order valence-corrected chi connectivity index (χ1v) is 4.89. The third kappa shape index (κ3) is 2.81. The molecule has 2 N–H and O–H groups in total. The SMILES string of the molecule is COc1cc(C(O)C(O)CCl)ccc1F. The molecule has 0 radical (unpaired) electrons. The van der Waals surface area contributed by atoms with Crippen molar-refractivity contribution in [1.82, 2.24) is 0 Å². The molecule has 2 unspecified atom stereocenters. The molecule has 0 heterocycles. The van der Waals surface area contributed by atoms with Crippen LogP contribution in [0.25, 0.3) is 0 Å². The Morgan fingerprint density at radius 2 is 2.13 bits per heavy atom. The van der Waals surface area contributed by atoms with Crippen LogP contribution in [0.2, 0.25) is 0 Å². The zero-order valence-corrected chi connectivity index (χ0v) is 8.91. The number of methoxy groups -OCH3 is 1. The Kier molecular flexibility index (Phi) is 4.32. The third-order valence-corrected chi connectivity index (χ3v) is 2.36. The molecule has 1 aromatic carbocycles. The van der Waals surface area contributed by atoms with Gasteiger partial charge in [0.1, 0.15) is 6.10 Å². The monoisotopic (exact) mass is 234 g/mol. The fourth-order valence-electron chi connectivity index (χ4n) is 1.17. The minimum absolute atomic E-state index is 0.0216. The standard InChI is InChI=1S/C10H12ClFO3/c1-15-9-4-6(2-3-7(9)12)10(14)8(13)5-11/h2-4,8,10,13-14H,5H2,1H3. The number of alkyl halides is 1. The molecule has 0 fully saturated rings. The predicted octanol–water partition coefficient (Wildman–Crippen LogP) is 1.47. The van der Waals surface area contributed by atoms with Gasteiger partial charge in [0.25, 0.3) is 0 Å². The van der Waals surface area contributed by atoms with Crippen LogP contribution in [0.3, 0.4) is 0 Å². The highest BCUT2D eigenvalue weighted by Gasteiger charge is 2.18. The predicted molar refractivity (Wildman–Crippen MR) is 54.6 cm³/mol. The smallest absolute Gasteiger partial charge is 0.165 e. The third-order valence-electron chi connectivity index (χ3n) is 2.04. The zero-order valence-electron chi connectivity index (χ0n) is 8.15. The molecule has 0 spiro atoms. The second kappa shape index (κ2) is 5.30. The molecule has 0 aliphatic rings. The van der Waals surface area contributed by atoms with E-state index in [1.165, 1.54) is 25.3 Å². The number of aliphatic hydroxyl groups is 2. The summed E-state index contributed by atoms with van der Waals surface area (Å²) in [5, 5.41) is 18.9. The summed E-state index contributed by atoms with van der Waals surface area (Å²) in [4.78, 5) is 0. The van der Waals surface area contributed by atoms with E-state index in [1.807, 2.05) is 0 Å². The van der Waals surface area contributed by atoms with Crippen LogP contribution in [-0.4, -0.2) is 29.3 Å². The molecule has 0 saturated heterocycles. The summed E-state index contributed by atoms with van der Waals surface area (Å²) in [6.45, 7) is 0. The first-order chi connectivity index (χ1) is 7.10. The molecule has 0 aromatic heterocycles. The van der Waals surface area contributed by atoms with Gasteiger partial charge >= 0.3 is 0 Å². The van der Waals surface area contributed by atoms with Gasteiger partial charge in [0.05, 0.1) is 19.1 Å².